The van der Waals surface area contributed by atoms with Crippen molar-refractivity contribution in [1.29, 1.82) is 0 Å². The molecule has 2 heterocycles. The summed E-state index contributed by atoms with van der Waals surface area (Å²) in [5, 5.41) is 4.72. The predicted molar refractivity (Wildman–Crippen MR) is 117 cm³/mol. The zero-order valence-electron chi connectivity index (χ0n) is 18.9. The smallest absolute Gasteiger partial charge is 0.266 e. The monoisotopic (exact) mass is 490 g/mol. The van der Waals surface area contributed by atoms with Crippen LogP contribution in [0.3, 0.4) is 0 Å². The molecule has 188 valence electrons. The normalized spacial score (nSPS) is 17.3. The van der Waals surface area contributed by atoms with E-state index in [9.17, 15) is 28.8 Å². The molecule has 1 aromatic rings. The Bertz CT molecular complexity index is 1030. The van der Waals surface area contributed by atoms with Gasteiger partial charge in [0, 0.05) is 19.4 Å². The molecule has 13 nitrogen and oxygen atoms in total. The number of hydrogen-bond acceptors (Lipinski definition) is 9. The second-order valence-corrected chi connectivity index (χ2v) is 7.71. The molecule has 1 saturated heterocycles. The summed E-state index contributed by atoms with van der Waals surface area (Å²) >= 11 is 0. The Balaban J connectivity index is 1.45. The van der Waals surface area contributed by atoms with Gasteiger partial charge < -0.3 is 25.3 Å². The lowest BCUT2D eigenvalue weighted by Crippen LogP contribution is -2.54. The minimum absolute atomic E-state index is 0.0133. The first-order valence-corrected chi connectivity index (χ1v) is 11.0. The molecular weight excluding hydrogens is 464 g/mol. The number of amides is 6. The molecule has 1 aromatic carbocycles. The van der Waals surface area contributed by atoms with Crippen LogP contribution in [0.1, 0.15) is 40.0 Å². The number of ether oxygens (including phenoxy) is 3. The Labute approximate surface area is 200 Å². The molecule has 0 bridgehead atoms. The van der Waals surface area contributed by atoms with Crippen LogP contribution < -0.4 is 21.1 Å². The van der Waals surface area contributed by atoms with Crippen molar-refractivity contribution < 1.29 is 43.0 Å². The number of carbonyl (C=O) groups excluding carboxylic acids is 6. The van der Waals surface area contributed by atoms with Gasteiger partial charge in [0.05, 0.1) is 37.6 Å². The zero-order chi connectivity index (χ0) is 25.4. The van der Waals surface area contributed by atoms with Crippen LogP contribution in [0.5, 0.6) is 5.75 Å². The summed E-state index contributed by atoms with van der Waals surface area (Å²) in [5.41, 5.74) is 5.02. The highest BCUT2D eigenvalue weighted by atomic mass is 16.5. The lowest BCUT2D eigenvalue weighted by Gasteiger charge is -2.27. The number of piperidine rings is 1. The maximum Gasteiger partial charge on any atom is 0.266 e. The molecule has 1 unspecified atom stereocenters. The van der Waals surface area contributed by atoms with Gasteiger partial charge in [-0.2, -0.15) is 0 Å². The number of carbonyl (C=O) groups is 6. The van der Waals surface area contributed by atoms with E-state index in [4.69, 9.17) is 19.9 Å². The van der Waals surface area contributed by atoms with Crippen molar-refractivity contribution in [3.63, 3.8) is 0 Å². The van der Waals surface area contributed by atoms with Crippen molar-refractivity contribution in [3.8, 4) is 5.75 Å². The highest BCUT2D eigenvalue weighted by molar-refractivity contribution is 6.24. The van der Waals surface area contributed by atoms with Crippen molar-refractivity contribution in [3.05, 3.63) is 29.3 Å². The summed E-state index contributed by atoms with van der Waals surface area (Å²) < 4.78 is 15.9. The van der Waals surface area contributed by atoms with E-state index in [-0.39, 0.29) is 69.1 Å². The molecule has 13 heteroatoms. The van der Waals surface area contributed by atoms with Crippen LogP contribution in [0, 0.1) is 0 Å². The number of fused-ring (bicyclic) bond motifs is 1. The van der Waals surface area contributed by atoms with Gasteiger partial charge in [0.2, 0.25) is 17.7 Å². The first-order valence-electron chi connectivity index (χ1n) is 11.0. The number of nitrogens with zero attached hydrogens (tertiary/aromatic N) is 1. The molecule has 0 spiro atoms. The van der Waals surface area contributed by atoms with Crippen LogP contribution in [0.15, 0.2) is 18.2 Å². The lowest BCUT2D eigenvalue weighted by molar-refractivity contribution is -0.136. The average Bonchev–Trinajstić information content (AvgIpc) is 3.07. The van der Waals surface area contributed by atoms with Gasteiger partial charge in [-0.1, -0.05) is 6.07 Å². The van der Waals surface area contributed by atoms with Crippen molar-refractivity contribution in [2.24, 2.45) is 5.73 Å². The van der Waals surface area contributed by atoms with Gasteiger partial charge in [0.1, 0.15) is 11.8 Å². The van der Waals surface area contributed by atoms with Crippen molar-refractivity contribution >= 4 is 35.4 Å². The minimum Gasteiger partial charge on any atom is -0.483 e. The zero-order valence-corrected chi connectivity index (χ0v) is 18.9. The number of rotatable bonds is 13. The Morgan fingerprint density at radius 1 is 1.06 bits per heavy atom. The SMILES string of the molecule is NC(=O)CCOCCOCCNC(=O)COc1cccc2c1C(=O)N(C1CCC(=O)NC1=O)C2=O. The Hall–Kier alpha value is -3.84. The van der Waals surface area contributed by atoms with Gasteiger partial charge in [0.15, 0.2) is 6.61 Å². The molecule has 3 rings (SSSR count). The molecule has 2 aliphatic heterocycles. The fourth-order valence-corrected chi connectivity index (χ4v) is 3.56. The molecule has 4 N–H and O–H groups in total. The van der Waals surface area contributed by atoms with Crippen LogP contribution in [-0.4, -0.2) is 86.0 Å². The molecule has 1 fully saturated rings. The highest BCUT2D eigenvalue weighted by Gasteiger charge is 2.46. The van der Waals surface area contributed by atoms with Crippen LogP contribution in [-0.2, 0) is 28.7 Å². The number of nitrogens with two attached hydrogens (primary N) is 1. The molecule has 0 aliphatic carbocycles. The van der Waals surface area contributed by atoms with Gasteiger partial charge in [-0.15, -0.1) is 0 Å². The molecule has 6 amide bonds. The van der Waals surface area contributed by atoms with E-state index in [1.165, 1.54) is 18.2 Å². The number of imide groups is 2. The van der Waals surface area contributed by atoms with Crippen LogP contribution in [0.4, 0.5) is 0 Å². The summed E-state index contributed by atoms with van der Waals surface area (Å²) in [6, 6.07) is 3.30. The molecule has 0 aromatic heterocycles. The summed E-state index contributed by atoms with van der Waals surface area (Å²) in [7, 11) is 0. The first kappa shape index (κ1) is 25.8. The van der Waals surface area contributed by atoms with Crippen LogP contribution in [0.2, 0.25) is 0 Å². The maximum absolute atomic E-state index is 13.0. The second-order valence-electron chi connectivity index (χ2n) is 7.71. The largest absolute Gasteiger partial charge is 0.483 e. The van der Waals surface area contributed by atoms with E-state index in [1.54, 1.807) is 0 Å². The maximum atomic E-state index is 13.0. The van der Waals surface area contributed by atoms with E-state index >= 15 is 0 Å². The summed E-state index contributed by atoms with van der Waals surface area (Å²) in [5.74, 6) is -3.43. The van der Waals surface area contributed by atoms with Gasteiger partial charge in [-0.3, -0.25) is 39.0 Å². The summed E-state index contributed by atoms with van der Waals surface area (Å²) in [6.07, 6.45) is 0.186. The summed E-state index contributed by atoms with van der Waals surface area (Å²) in [6.45, 7) is 0.797. The average molecular weight is 490 g/mol. The lowest BCUT2D eigenvalue weighted by atomic mass is 10.0. The third-order valence-electron chi connectivity index (χ3n) is 5.22. The Morgan fingerprint density at radius 2 is 1.80 bits per heavy atom. The highest BCUT2D eigenvalue weighted by Crippen LogP contribution is 2.33. The number of nitrogens with one attached hydrogen (secondary N) is 2. The number of primary amides is 1. The molecule has 0 saturated carbocycles. The predicted octanol–water partition coefficient (Wildman–Crippen LogP) is -1.51. The number of hydrogen-bond donors (Lipinski definition) is 3. The van der Waals surface area contributed by atoms with E-state index in [0.717, 1.165) is 4.90 Å². The van der Waals surface area contributed by atoms with E-state index < -0.39 is 48.1 Å². The fourth-order valence-electron chi connectivity index (χ4n) is 3.56. The van der Waals surface area contributed by atoms with Crippen molar-refractivity contribution in [2.45, 2.75) is 25.3 Å². The topological polar surface area (TPSA) is 183 Å². The third kappa shape index (κ3) is 6.61. The molecule has 0 radical (unpaired) electrons. The van der Waals surface area contributed by atoms with Gasteiger partial charge in [0.25, 0.3) is 17.7 Å². The molecular formula is C22H26N4O9. The second kappa shape index (κ2) is 12.0. The standard InChI is InChI=1S/C22H26N4O9/c23-16(27)6-8-33-10-11-34-9-7-24-18(29)12-35-15-3-1-2-13-19(15)22(32)26(21(13)31)14-4-5-17(28)25-20(14)30/h1-3,14H,4-12H2,(H2,23,27)(H,24,29)(H,25,28,30). The minimum atomic E-state index is -1.09. The van der Waals surface area contributed by atoms with Gasteiger partial charge in [-0.05, 0) is 18.6 Å². The third-order valence-corrected chi connectivity index (χ3v) is 5.22. The Morgan fingerprint density at radius 3 is 2.51 bits per heavy atom. The van der Waals surface area contributed by atoms with E-state index in [1.807, 2.05) is 0 Å². The summed E-state index contributed by atoms with van der Waals surface area (Å²) in [4.78, 5) is 72.8. The number of benzene rings is 1. The van der Waals surface area contributed by atoms with Gasteiger partial charge in [-0.25, -0.2) is 0 Å². The van der Waals surface area contributed by atoms with Crippen LogP contribution >= 0.6 is 0 Å². The molecule has 35 heavy (non-hydrogen) atoms. The van der Waals surface area contributed by atoms with Gasteiger partial charge >= 0.3 is 0 Å². The molecule has 1 atom stereocenters. The quantitative estimate of drug-likeness (QED) is 0.218. The van der Waals surface area contributed by atoms with E-state index in [2.05, 4.69) is 10.6 Å². The van der Waals surface area contributed by atoms with Crippen molar-refractivity contribution in [1.82, 2.24) is 15.5 Å². The first-order chi connectivity index (χ1) is 16.8. The van der Waals surface area contributed by atoms with Crippen molar-refractivity contribution in [2.75, 3.05) is 39.6 Å². The van der Waals surface area contributed by atoms with E-state index in [0.29, 0.717) is 0 Å². The molecule has 2 aliphatic rings. The van der Waals surface area contributed by atoms with Crippen LogP contribution in [0.25, 0.3) is 0 Å². The Kier molecular flexibility index (Phi) is 8.86. The fraction of sp³-hybridized carbons (Fsp3) is 0.455.